The topological polar surface area (TPSA) is 82.6 Å². The summed E-state index contributed by atoms with van der Waals surface area (Å²) in [6, 6.07) is 20.0. The molecule has 2 N–H and O–H groups in total. The maximum absolute atomic E-state index is 13.7. The van der Waals surface area contributed by atoms with Crippen LogP contribution in [0.5, 0.6) is 5.75 Å². The molecule has 1 heterocycles. The number of nitrogens with zero attached hydrogens (tertiary/aromatic N) is 3. The highest BCUT2D eigenvalue weighted by molar-refractivity contribution is 6.00. The van der Waals surface area contributed by atoms with Crippen molar-refractivity contribution in [1.82, 2.24) is 10.0 Å². The first-order valence-electron chi connectivity index (χ1n) is 10.9. The van der Waals surface area contributed by atoms with Crippen LogP contribution in [0, 0.1) is 11.3 Å². The van der Waals surface area contributed by atoms with Gasteiger partial charge in [0.1, 0.15) is 11.6 Å². The van der Waals surface area contributed by atoms with E-state index in [0.29, 0.717) is 42.2 Å². The van der Waals surface area contributed by atoms with Crippen LogP contribution in [0.25, 0.3) is 0 Å². The van der Waals surface area contributed by atoms with E-state index >= 15 is 0 Å². The molecule has 0 fully saturated rings. The van der Waals surface area contributed by atoms with E-state index in [1.54, 1.807) is 0 Å². The Morgan fingerprint density at radius 1 is 1.12 bits per heavy atom. The van der Waals surface area contributed by atoms with Gasteiger partial charge in [-0.2, -0.15) is 5.26 Å². The Labute approximate surface area is 189 Å². The number of carbonyl (C=O) groups is 1. The number of nitrogens with two attached hydrogens (primary N) is 1. The predicted octanol–water partition coefficient (Wildman–Crippen LogP) is 4.06. The van der Waals surface area contributed by atoms with E-state index < -0.39 is 5.92 Å². The Kier molecular flexibility index (Phi) is 6.02. The molecule has 2 aromatic rings. The van der Waals surface area contributed by atoms with Gasteiger partial charge in [-0.25, -0.2) is 5.01 Å². The number of allylic oxidation sites excluding steroid dienone is 3. The summed E-state index contributed by atoms with van der Waals surface area (Å²) >= 11 is 0. The lowest BCUT2D eigenvalue weighted by atomic mass is 9.72. The molecule has 0 saturated heterocycles. The first kappa shape index (κ1) is 21.7. The van der Waals surface area contributed by atoms with E-state index in [1.807, 2.05) is 73.5 Å². The molecule has 32 heavy (non-hydrogen) atoms. The van der Waals surface area contributed by atoms with Gasteiger partial charge in [0.25, 0.3) is 0 Å². The van der Waals surface area contributed by atoms with E-state index in [1.165, 1.54) is 0 Å². The molecular weight excluding hydrogens is 400 g/mol. The summed E-state index contributed by atoms with van der Waals surface area (Å²) in [6.07, 6.45) is 1.06. The van der Waals surface area contributed by atoms with Crippen LogP contribution in [0.1, 0.15) is 42.7 Å². The van der Waals surface area contributed by atoms with Crippen LogP contribution in [-0.4, -0.2) is 36.5 Å². The van der Waals surface area contributed by atoms with Crippen molar-refractivity contribution < 1.29 is 9.53 Å². The van der Waals surface area contributed by atoms with Gasteiger partial charge in [0.05, 0.1) is 24.2 Å². The number of hydrogen-bond donors (Lipinski definition) is 1. The van der Waals surface area contributed by atoms with Gasteiger partial charge < -0.3 is 10.5 Å². The third kappa shape index (κ3) is 3.65. The van der Waals surface area contributed by atoms with Crippen LogP contribution in [0.15, 0.2) is 77.3 Å². The van der Waals surface area contributed by atoms with Crippen molar-refractivity contribution in [2.75, 3.05) is 20.7 Å². The highest BCUT2D eigenvalue weighted by Crippen LogP contribution is 2.49. The summed E-state index contributed by atoms with van der Waals surface area (Å²) in [5.41, 5.74) is 10.4. The number of benzene rings is 2. The maximum atomic E-state index is 13.7. The minimum absolute atomic E-state index is 0.0449. The second kappa shape index (κ2) is 8.89. The Bertz CT molecular complexity index is 1130. The lowest BCUT2D eigenvalue weighted by molar-refractivity contribution is -0.117. The van der Waals surface area contributed by atoms with Gasteiger partial charge in [0.15, 0.2) is 5.78 Å². The average molecular weight is 429 g/mol. The zero-order chi connectivity index (χ0) is 22.8. The fourth-order valence-corrected chi connectivity index (χ4v) is 4.85. The molecule has 4 rings (SSSR count). The van der Waals surface area contributed by atoms with Gasteiger partial charge in [0, 0.05) is 37.3 Å². The number of para-hydroxylation sites is 1. The second-order valence-electron chi connectivity index (χ2n) is 8.27. The Morgan fingerprint density at radius 3 is 2.47 bits per heavy atom. The predicted molar refractivity (Wildman–Crippen MR) is 123 cm³/mol. The van der Waals surface area contributed by atoms with Crippen molar-refractivity contribution in [3.8, 4) is 11.8 Å². The summed E-state index contributed by atoms with van der Waals surface area (Å²) in [5, 5.41) is 13.8. The minimum Gasteiger partial charge on any atom is -0.494 e. The van der Waals surface area contributed by atoms with Gasteiger partial charge in [-0.1, -0.05) is 48.5 Å². The molecule has 0 bridgehead atoms. The quantitative estimate of drug-likeness (QED) is 0.773. The van der Waals surface area contributed by atoms with E-state index in [2.05, 4.69) is 18.2 Å². The van der Waals surface area contributed by atoms with Crippen LogP contribution in [-0.2, 0) is 4.79 Å². The molecule has 0 aromatic heterocycles. The molecule has 2 atom stereocenters. The molecule has 1 aliphatic heterocycles. The van der Waals surface area contributed by atoms with Gasteiger partial charge in [-0.05, 0) is 30.9 Å². The zero-order valence-corrected chi connectivity index (χ0v) is 18.7. The van der Waals surface area contributed by atoms with Crippen LogP contribution < -0.4 is 10.5 Å². The molecule has 2 aromatic carbocycles. The fraction of sp³-hybridized carbons (Fsp3) is 0.308. The lowest BCUT2D eigenvalue weighted by Crippen LogP contribution is -2.46. The molecule has 164 valence electrons. The molecular formula is C26H28N4O2. The van der Waals surface area contributed by atoms with Crippen LogP contribution in [0.3, 0.4) is 0 Å². The third-order valence-corrected chi connectivity index (χ3v) is 6.14. The van der Waals surface area contributed by atoms with Crippen molar-refractivity contribution >= 4 is 5.78 Å². The number of ether oxygens (including phenoxy) is 1. The SMILES string of the molecule is CCOc1ccccc1[C@@H]1C(C#N)=C(N)N(N(C)C)C2=C1C(=O)C[C@H](c1ccccc1)C2. The zero-order valence-electron chi connectivity index (χ0n) is 18.7. The van der Waals surface area contributed by atoms with Gasteiger partial charge >= 0.3 is 0 Å². The van der Waals surface area contributed by atoms with Crippen LogP contribution in [0.4, 0.5) is 0 Å². The van der Waals surface area contributed by atoms with E-state index in [0.717, 1.165) is 16.8 Å². The molecule has 1 aliphatic carbocycles. The molecule has 2 aliphatic rings. The molecule has 6 heteroatoms. The first-order chi connectivity index (χ1) is 15.5. The number of carbonyl (C=O) groups excluding carboxylic acids is 1. The normalized spacial score (nSPS) is 21.0. The highest BCUT2D eigenvalue weighted by atomic mass is 16.5. The molecule has 0 saturated carbocycles. The molecule has 0 unspecified atom stereocenters. The molecule has 0 radical (unpaired) electrons. The molecule has 0 spiro atoms. The summed E-state index contributed by atoms with van der Waals surface area (Å²) in [6.45, 7) is 2.41. The standard InChI is InChI=1S/C26H28N4O2/c1-4-32-23-13-9-8-12-19(23)24-20(16-27)26(28)30(29(2)3)21-14-18(15-22(31)25(21)24)17-10-6-5-7-11-17/h5-13,18,24H,4,14-15,28H2,1-3H3/t18-,24-/m1/s1. The summed E-state index contributed by atoms with van der Waals surface area (Å²) in [5.74, 6) is 0.587. The number of Topliss-reactive ketones (excluding diaryl/α,β-unsaturated/α-hetero) is 1. The Morgan fingerprint density at radius 2 is 1.81 bits per heavy atom. The van der Waals surface area contributed by atoms with Gasteiger partial charge in [-0.3, -0.25) is 9.80 Å². The number of hydrazine groups is 1. The van der Waals surface area contributed by atoms with Crippen LogP contribution >= 0.6 is 0 Å². The summed E-state index contributed by atoms with van der Waals surface area (Å²) < 4.78 is 5.87. The number of nitriles is 1. The number of rotatable bonds is 5. The Balaban J connectivity index is 1.92. The van der Waals surface area contributed by atoms with E-state index in [9.17, 15) is 10.1 Å². The lowest BCUT2D eigenvalue weighted by Gasteiger charge is -2.44. The van der Waals surface area contributed by atoms with Crippen molar-refractivity contribution in [3.05, 3.63) is 88.4 Å². The number of ketones is 1. The first-order valence-corrected chi connectivity index (χ1v) is 10.9. The van der Waals surface area contributed by atoms with Gasteiger partial charge in [0.2, 0.25) is 0 Å². The Hall–Kier alpha value is -3.56. The highest BCUT2D eigenvalue weighted by Gasteiger charge is 2.43. The molecule has 0 amide bonds. The summed E-state index contributed by atoms with van der Waals surface area (Å²) in [7, 11) is 3.75. The fourth-order valence-electron chi connectivity index (χ4n) is 4.85. The van der Waals surface area contributed by atoms with Gasteiger partial charge in [-0.15, -0.1) is 0 Å². The monoisotopic (exact) mass is 428 g/mol. The number of hydrogen-bond acceptors (Lipinski definition) is 6. The largest absolute Gasteiger partial charge is 0.494 e. The smallest absolute Gasteiger partial charge is 0.162 e. The van der Waals surface area contributed by atoms with Crippen molar-refractivity contribution in [3.63, 3.8) is 0 Å². The maximum Gasteiger partial charge on any atom is 0.162 e. The summed E-state index contributed by atoms with van der Waals surface area (Å²) in [4.78, 5) is 13.7. The third-order valence-electron chi connectivity index (χ3n) is 6.14. The van der Waals surface area contributed by atoms with Crippen molar-refractivity contribution in [1.29, 1.82) is 5.26 Å². The van der Waals surface area contributed by atoms with E-state index in [4.69, 9.17) is 10.5 Å². The van der Waals surface area contributed by atoms with Crippen LogP contribution in [0.2, 0.25) is 0 Å². The molecule has 6 nitrogen and oxygen atoms in total. The second-order valence-corrected chi connectivity index (χ2v) is 8.27. The van der Waals surface area contributed by atoms with E-state index in [-0.39, 0.29) is 11.7 Å². The minimum atomic E-state index is -0.543. The van der Waals surface area contributed by atoms with Crippen molar-refractivity contribution in [2.45, 2.75) is 31.6 Å². The average Bonchev–Trinajstić information content (AvgIpc) is 2.79. The van der Waals surface area contributed by atoms with Crippen molar-refractivity contribution in [2.24, 2.45) is 5.73 Å².